The van der Waals surface area contributed by atoms with E-state index >= 15 is 0 Å². The van der Waals surface area contributed by atoms with Gasteiger partial charge in [-0.05, 0) is 111 Å². The summed E-state index contributed by atoms with van der Waals surface area (Å²) >= 11 is 0. The molecule has 7 aromatic carbocycles. The molecule has 1 aliphatic rings. The van der Waals surface area contributed by atoms with Gasteiger partial charge in [0.1, 0.15) is 23.0 Å². The SMILES string of the molecule is CN1C=CN(c2cccc(Oc3cc(-c4cc(-c5cccc(Oc6ccccc6)c5)ccn4)cc(-c4c(-c5ccccc5)cccc4-c4ccccc4)c3)c2)C1. The molecular formula is C51H39N3O2. The highest BCUT2D eigenvalue weighted by Crippen LogP contribution is 2.43. The number of hydrogen-bond acceptors (Lipinski definition) is 5. The Bertz CT molecular complexity index is 2580. The molecule has 0 aliphatic carbocycles. The molecule has 0 unspecified atom stereocenters. The summed E-state index contributed by atoms with van der Waals surface area (Å²) in [6.45, 7) is 0.783. The molecule has 9 rings (SSSR count). The van der Waals surface area contributed by atoms with Crippen LogP contribution in [-0.4, -0.2) is 23.6 Å². The summed E-state index contributed by atoms with van der Waals surface area (Å²) < 4.78 is 13.0. The van der Waals surface area contributed by atoms with Crippen molar-refractivity contribution in [3.05, 3.63) is 207 Å². The van der Waals surface area contributed by atoms with E-state index in [1.165, 1.54) is 0 Å². The maximum absolute atomic E-state index is 6.80. The van der Waals surface area contributed by atoms with Crippen molar-refractivity contribution in [3.63, 3.8) is 0 Å². The lowest BCUT2D eigenvalue weighted by Gasteiger charge is -2.20. The Balaban J connectivity index is 1.18. The number of rotatable bonds is 10. The number of nitrogens with zero attached hydrogens (tertiary/aromatic N) is 3. The van der Waals surface area contributed by atoms with Crippen LogP contribution in [0.1, 0.15) is 0 Å². The Morgan fingerprint density at radius 1 is 0.429 bits per heavy atom. The van der Waals surface area contributed by atoms with E-state index in [9.17, 15) is 0 Å². The van der Waals surface area contributed by atoms with E-state index in [0.29, 0.717) is 0 Å². The molecule has 0 fully saturated rings. The van der Waals surface area contributed by atoms with Gasteiger partial charge >= 0.3 is 0 Å². The van der Waals surface area contributed by atoms with Crippen LogP contribution in [0.15, 0.2) is 207 Å². The van der Waals surface area contributed by atoms with Gasteiger partial charge in [-0.1, -0.05) is 115 Å². The quantitative estimate of drug-likeness (QED) is 0.140. The summed E-state index contributed by atoms with van der Waals surface area (Å²) in [7, 11) is 2.07. The molecule has 0 saturated carbocycles. The average molecular weight is 726 g/mol. The van der Waals surface area contributed by atoms with E-state index in [4.69, 9.17) is 14.5 Å². The molecule has 0 saturated heterocycles. The van der Waals surface area contributed by atoms with Gasteiger partial charge < -0.3 is 19.3 Å². The van der Waals surface area contributed by atoms with Crippen LogP contribution in [0.4, 0.5) is 5.69 Å². The average Bonchev–Trinajstić information content (AvgIpc) is 3.70. The maximum Gasteiger partial charge on any atom is 0.129 e. The number of para-hydroxylation sites is 1. The van der Waals surface area contributed by atoms with Crippen LogP contribution in [0.5, 0.6) is 23.0 Å². The summed E-state index contributed by atoms with van der Waals surface area (Å²) in [5.41, 5.74) is 11.6. The predicted octanol–water partition coefficient (Wildman–Crippen LogP) is 13.2. The number of anilines is 1. The lowest BCUT2D eigenvalue weighted by molar-refractivity contribution is 0.481. The number of benzene rings is 7. The number of pyridine rings is 1. The van der Waals surface area contributed by atoms with Gasteiger partial charge in [0.15, 0.2) is 0 Å². The molecule has 0 atom stereocenters. The zero-order valence-electron chi connectivity index (χ0n) is 31.0. The molecule has 2 heterocycles. The summed E-state index contributed by atoms with van der Waals surface area (Å²) in [6.07, 6.45) is 6.04. The van der Waals surface area contributed by atoms with Crippen molar-refractivity contribution in [1.29, 1.82) is 0 Å². The molecule has 5 heteroatoms. The molecule has 0 bridgehead atoms. The molecule has 0 amide bonds. The first-order valence-electron chi connectivity index (χ1n) is 18.8. The topological polar surface area (TPSA) is 37.8 Å². The minimum atomic E-state index is 0.719. The third-order valence-corrected chi connectivity index (χ3v) is 9.89. The van der Waals surface area contributed by atoms with Crippen molar-refractivity contribution in [2.45, 2.75) is 0 Å². The Labute approximate surface area is 328 Å². The van der Waals surface area contributed by atoms with E-state index < -0.39 is 0 Å². The van der Waals surface area contributed by atoms with Gasteiger partial charge in [0, 0.05) is 43.0 Å². The molecule has 0 N–H and O–H groups in total. The molecule has 56 heavy (non-hydrogen) atoms. The van der Waals surface area contributed by atoms with Crippen molar-refractivity contribution in [2.75, 3.05) is 18.6 Å². The van der Waals surface area contributed by atoms with E-state index in [1.54, 1.807) is 0 Å². The van der Waals surface area contributed by atoms with Crippen LogP contribution < -0.4 is 14.4 Å². The number of ether oxygens (including phenoxy) is 2. The standard InChI is InChI=1S/C51H39N3O2/c1-53-28-29-54(36-53)43-19-12-23-46(35-43)56-47-32-41(50-34-40(26-27-52-50)39-18-11-22-45(31-39)55-44-20-9-4-10-21-44)30-42(33-47)51-48(37-14-5-2-6-15-37)24-13-25-49(51)38-16-7-3-8-17-38/h2-35H,36H2,1H3. The maximum atomic E-state index is 6.80. The van der Waals surface area contributed by atoms with Gasteiger partial charge in [-0.25, -0.2) is 0 Å². The highest BCUT2D eigenvalue weighted by molar-refractivity contribution is 5.96. The van der Waals surface area contributed by atoms with Gasteiger partial charge in [-0.2, -0.15) is 0 Å². The van der Waals surface area contributed by atoms with Crippen LogP contribution in [-0.2, 0) is 0 Å². The second-order valence-corrected chi connectivity index (χ2v) is 13.8. The lowest BCUT2D eigenvalue weighted by Crippen LogP contribution is -2.21. The van der Waals surface area contributed by atoms with E-state index in [1.807, 2.05) is 66.9 Å². The van der Waals surface area contributed by atoms with Gasteiger partial charge in [0.2, 0.25) is 0 Å². The third kappa shape index (κ3) is 7.52. The van der Waals surface area contributed by atoms with Crippen molar-refractivity contribution in [1.82, 2.24) is 9.88 Å². The zero-order chi connectivity index (χ0) is 37.7. The van der Waals surface area contributed by atoms with Crippen LogP contribution in [0.2, 0.25) is 0 Å². The Morgan fingerprint density at radius 3 is 1.68 bits per heavy atom. The normalized spacial score (nSPS) is 12.2. The largest absolute Gasteiger partial charge is 0.457 e. The Morgan fingerprint density at radius 2 is 0.982 bits per heavy atom. The molecular weight excluding hydrogens is 687 g/mol. The first-order valence-corrected chi connectivity index (χ1v) is 18.8. The molecule has 0 radical (unpaired) electrons. The predicted molar refractivity (Wildman–Crippen MR) is 229 cm³/mol. The monoisotopic (exact) mass is 725 g/mol. The van der Waals surface area contributed by atoms with E-state index in [-0.39, 0.29) is 0 Å². The molecule has 1 aliphatic heterocycles. The molecule has 8 aromatic rings. The molecule has 0 spiro atoms. The van der Waals surface area contributed by atoms with Crippen molar-refractivity contribution in [3.8, 4) is 78.8 Å². The van der Waals surface area contributed by atoms with Crippen LogP contribution in [0.25, 0.3) is 55.8 Å². The minimum absolute atomic E-state index is 0.719. The van der Waals surface area contributed by atoms with E-state index in [2.05, 4.69) is 157 Å². The summed E-state index contributed by atoms with van der Waals surface area (Å²) in [5.74, 6) is 3.04. The van der Waals surface area contributed by atoms with Crippen LogP contribution in [0, 0.1) is 0 Å². The van der Waals surface area contributed by atoms with Gasteiger partial charge in [-0.15, -0.1) is 0 Å². The second-order valence-electron chi connectivity index (χ2n) is 13.8. The molecule has 5 nitrogen and oxygen atoms in total. The van der Waals surface area contributed by atoms with Crippen molar-refractivity contribution < 1.29 is 9.47 Å². The number of hydrogen-bond donors (Lipinski definition) is 0. The van der Waals surface area contributed by atoms with Gasteiger partial charge in [-0.3, -0.25) is 4.98 Å². The highest BCUT2D eigenvalue weighted by Gasteiger charge is 2.18. The van der Waals surface area contributed by atoms with Crippen molar-refractivity contribution in [2.24, 2.45) is 0 Å². The van der Waals surface area contributed by atoms with Crippen LogP contribution >= 0.6 is 0 Å². The first-order chi connectivity index (χ1) is 27.6. The number of aromatic nitrogens is 1. The van der Waals surface area contributed by atoms with Gasteiger partial charge in [0.05, 0.1) is 12.4 Å². The Kier molecular flexibility index (Phi) is 9.55. The molecule has 270 valence electrons. The summed E-state index contributed by atoms with van der Waals surface area (Å²) in [4.78, 5) is 9.28. The van der Waals surface area contributed by atoms with E-state index in [0.717, 1.165) is 91.1 Å². The lowest BCUT2D eigenvalue weighted by atomic mass is 9.86. The third-order valence-electron chi connectivity index (χ3n) is 9.89. The summed E-state index contributed by atoms with van der Waals surface area (Å²) in [6, 6.07) is 64.7. The Hall–Kier alpha value is -7.37. The minimum Gasteiger partial charge on any atom is -0.457 e. The van der Waals surface area contributed by atoms with Gasteiger partial charge in [0.25, 0.3) is 0 Å². The summed E-state index contributed by atoms with van der Waals surface area (Å²) in [5, 5.41) is 0. The fourth-order valence-corrected chi connectivity index (χ4v) is 7.22. The second kappa shape index (κ2) is 15.5. The zero-order valence-corrected chi connectivity index (χ0v) is 31.0. The van der Waals surface area contributed by atoms with Crippen LogP contribution in [0.3, 0.4) is 0 Å². The fraction of sp³-hybridized carbons (Fsp3) is 0.0392. The first kappa shape index (κ1) is 34.4. The highest BCUT2D eigenvalue weighted by atomic mass is 16.5. The molecule has 1 aromatic heterocycles. The smallest absolute Gasteiger partial charge is 0.129 e. The van der Waals surface area contributed by atoms with Crippen molar-refractivity contribution >= 4 is 5.69 Å². The fourth-order valence-electron chi connectivity index (χ4n) is 7.22.